The van der Waals surface area contributed by atoms with E-state index in [-0.39, 0.29) is 17.4 Å². The fourth-order valence-corrected chi connectivity index (χ4v) is 1.54. The Hall–Kier alpha value is -1.38. The number of amidine groups is 1. The van der Waals surface area contributed by atoms with Crippen molar-refractivity contribution in [2.45, 2.75) is 12.6 Å². The fraction of sp³-hybridized carbons (Fsp3) is 0.571. The van der Waals surface area contributed by atoms with Gasteiger partial charge in [-0.3, -0.25) is 5.41 Å². The predicted molar refractivity (Wildman–Crippen MR) is 54.7 cm³/mol. The van der Waals surface area contributed by atoms with Gasteiger partial charge in [-0.1, -0.05) is 0 Å². The van der Waals surface area contributed by atoms with Gasteiger partial charge in [0.25, 0.3) is 0 Å². The number of nitrogens with one attached hydrogen (secondary N) is 1. The molecule has 9 heteroatoms. The molecular formula is C7H10F3N5S. The zero-order chi connectivity index (χ0) is 12.3. The van der Waals surface area contributed by atoms with E-state index in [0.29, 0.717) is 18.1 Å². The first-order valence-electron chi connectivity index (χ1n) is 4.25. The zero-order valence-corrected chi connectivity index (χ0v) is 9.19. The predicted octanol–water partition coefficient (Wildman–Crippen LogP) is 1.32. The standard InChI is InChI=1S/C7H10F3N5S/c1-15(3-2-4(11)12)6-13-5(14-16-6)7(8,9)10/h2-3H2,1H3,(H3,11,12). The molecule has 0 aliphatic heterocycles. The van der Waals surface area contributed by atoms with Crippen molar-refractivity contribution < 1.29 is 13.2 Å². The van der Waals surface area contributed by atoms with Gasteiger partial charge in [-0.05, 0) is 0 Å². The second kappa shape index (κ2) is 4.64. The van der Waals surface area contributed by atoms with Crippen LogP contribution in [0.1, 0.15) is 12.2 Å². The van der Waals surface area contributed by atoms with Crippen LogP contribution in [0.2, 0.25) is 0 Å². The number of hydrogen-bond donors (Lipinski definition) is 2. The van der Waals surface area contributed by atoms with Crippen molar-refractivity contribution in [1.29, 1.82) is 5.41 Å². The van der Waals surface area contributed by atoms with Crippen LogP contribution in [0, 0.1) is 5.41 Å². The van der Waals surface area contributed by atoms with E-state index < -0.39 is 12.0 Å². The smallest absolute Gasteiger partial charge is 0.388 e. The molecule has 1 rings (SSSR count). The lowest BCUT2D eigenvalue weighted by molar-refractivity contribution is -0.144. The number of halogens is 3. The molecule has 0 aliphatic carbocycles. The molecule has 90 valence electrons. The van der Waals surface area contributed by atoms with Crippen LogP contribution in [0.3, 0.4) is 0 Å². The highest BCUT2D eigenvalue weighted by Crippen LogP contribution is 2.29. The molecule has 0 saturated heterocycles. The number of nitrogens with two attached hydrogens (primary N) is 1. The quantitative estimate of drug-likeness (QED) is 0.626. The molecule has 0 radical (unpaired) electrons. The number of nitrogens with zero attached hydrogens (tertiary/aromatic N) is 3. The maximum absolute atomic E-state index is 12.2. The van der Waals surface area contributed by atoms with E-state index in [2.05, 4.69) is 9.36 Å². The second-order valence-corrected chi connectivity index (χ2v) is 3.83. The first-order chi connectivity index (χ1) is 7.30. The van der Waals surface area contributed by atoms with Crippen LogP contribution in [-0.2, 0) is 6.18 Å². The Morgan fingerprint density at radius 1 is 1.56 bits per heavy atom. The lowest BCUT2D eigenvalue weighted by Gasteiger charge is -2.13. The van der Waals surface area contributed by atoms with Crippen LogP contribution in [-0.4, -0.2) is 28.8 Å². The minimum atomic E-state index is -4.52. The number of rotatable bonds is 4. The third-order valence-electron chi connectivity index (χ3n) is 1.71. The van der Waals surface area contributed by atoms with E-state index >= 15 is 0 Å². The molecule has 1 heterocycles. The molecule has 0 bridgehead atoms. The molecule has 1 aromatic heterocycles. The molecule has 3 N–H and O–H groups in total. The van der Waals surface area contributed by atoms with Crippen molar-refractivity contribution >= 4 is 22.5 Å². The highest BCUT2D eigenvalue weighted by molar-refractivity contribution is 7.09. The summed E-state index contributed by atoms with van der Waals surface area (Å²) < 4.78 is 39.8. The summed E-state index contributed by atoms with van der Waals surface area (Å²) in [5, 5.41) is 7.15. The summed E-state index contributed by atoms with van der Waals surface area (Å²) in [6, 6.07) is 0. The van der Waals surface area contributed by atoms with Crippen molar-refractivity contribution in [2.24, 2.45) is 5.73 Å². The number of anilines is 1. The highest BCUT2D eigenvalue weighted by atomic mass is 32.1. The van der Waals surface area contributed by atoms with Gasteiger partial charge in [-0.15, -0.1) is 0 Å². The van der Waals surface area contributed by atoms with E-state index in [1.165, 1.54) is 4.90 Å². The summed E-state index contributed by atoms with van der Waals surface area (Å²) in [6.07, 6.45) is -4.24. The van der Waals surface area contributed by atoms with Crippen molar-refractivity contribution in [3.05, 3.63) is 5.82 Å². The second-order valence-electron chi connectivity index (χ2n) is 3.10. The molecule has 0 fully saturated rings. The van der Waals surface area contributed by atoms with Crippen molar-refractivity contribution in [3.8, 4) is 0 Å². The molecule has 0 saturated carbocycles. The minimum absolute atomic E-state index is 0.0209. The van der Waals surface area contributed by atoms with Crippen LogP contribution in [0.5, 0.6) is 0 Å². The van der Waals surface area contributed by atoms with Gasteiger partial charge in [0.1, 0.15) is 0 Å². The SMILES string of the molecule is CN(CCC(=N)N)c1nc(C(F)(F)F)ns1. The fourth-order valence-electron chi connectivity index (χ4n) is 0.869. The molecule has 0 unspecified atom stereocenters. The summed E-state index contributed by atoms with van der Waals surface area (Å²) in [7, 11) is 1.57. The lowest BCUT2D eigenvalue weighted by Crippen LogP contribution is -2.23. The molecule has 0 amide bonds. The largest absolute Gasteiger partial charge is 0.452 e. The summed E-state index contributed by atoms with van der Waals surface area (Å²) in [5.41, 5.74) is 5.14. The van der Waals surface area contributed by atoms with Gasteiger partial charge in [0.2, 0.25) is 11.0 Å². The van der Waals surface area contributed by atoms with Crippen LogP contribution in [0.25, 0.3) is 0 Å². The average Bonchev–Trinajstić information content (AvgIpc) is 2.61. The van der Waals surface area contributed by atoms with Crippen molar-refractivity contribution in [3.63, 3.8) is 0 Å². The summed E-state index contributed by atoms with van der Waals surface area (Å²) in [4.78, 5) is 4.84. The maximum Gasteiger partial charge on any atom is 0.452 e. The van der Waals surface area contributed by atoms with Gasteiger partial charge in [0.15, 0.2) is 0 Å². The van der Waals surface area contributed by atoms with Crippen molar-refractivity contribution in [2.75, 3.05) is 18.5 Å². The molecule has 1 aromatic rings. The minimum Gasteiger partial charge on any atom is -0.388 e. The van der Waals surface area contributed by atoms with Gasteiger partial charge < -0.3 is 10.6 Å². The van der Waals surface area contributed by atoms with E-state index in [4.69, 9.17) is 11.1 Å². The molecule has 16 heavy (non-hydrogen) atoms. The first-order valence-corrected chi connectivity index (χ1v) is 5.03. The van der Waals surface area contributed by atoms with E-state index in [1.807, 2.05) is 0 Å². The number of aromatic nitrogens is 2. The third kappa shape index (κ3) is 3.33. The summed E-state index contributed by atoms with van der Waals surface area (Å²) in [6.45, 7) is 0.335. The van der Waals surface area contributed by atoms with Gasteiger partial charge >= 0.3 is 6.18 Å². The Kier molecular flexibility index (Phi) is 3.68. The zero-order valence-electron chi connectivity index (χ0n) is 8.38. The average molecular weight is 253 g/mol. The Labute approximate surface area is 93.8 Å². The Morgan fingerprint density at radius 2 is 2.19 bits per heavy atom. The van der Waals surface area contributed by atoms with Crippen LogP contribution in [0.4, 0.5) is 18.3 Å². The normalized spacial score (nSPS) is 11.5. The molecule has 0 aliphatic rings. The van der Waals surface area contributed by atoms with E-state index in [1.54, 1.807) is 7.05 Å². The lowest BCUT2D eigenvalue weighted by atomic mass is 10.4. The van der Waals surface area contributed by atoms with Gasteiger partial charge in [0, 0.05) is 31.5 Å². The number of alkyl halides is 3. The number of hydrogen-bond acceptors (Lipinski definition) is 5. The van der Waals surface area contributed by atoms with Gasteiger partial charge in [0.05, 0.1) is 5.84 Å². The third-order valence-corrected chi connectivity index (χ3v) is 2.54. The molecule has 0 atom stereocenters. The molecule has 5 nitrogen and oxygen atoms in total. The highest BCUT2D eigenvalue weighted by Gasteiger charge is 2.36. The Bertz CT molecular complexity index is 374. The Morgan fingerprint density at radius 3 is 2.62 bits per heavy atom. The maximum atomic E-state index is 12.2. The monoisotopic (exact) mass is 253 g/mol. The first kappa shape index (κ1) is 12.7. The topological polar surface area (TPSA) is 78.9 Å². The van der Waals surface area contributed by atoms with Crippen LogP contribution < -0.4 is 10.6 Å². The summed E-state index contributed by atoms with van der Waals surface area (Å²) in [5.74, 6) is -1.16. The van der Waals surface area contributed by atoms with E-state index in [9.17, 15) is 13.2 Å². The van der Waals surface area contributed by atoms with Crippen molar-refractivity contribution in [1.82, 2.24) is 9.36 Å². The van der Waals surface area contributed by atoms with Gasteiger partial charge in [-0.2, -0.15) is 22.5 Å². The Balaban J connectivity index is 2.67. The van der Waals surface area contributed by atoms with Crippen LogP contribution >= 0.6 is 11.5 Å². The van der Waals surface area contributed by atoms with Gasteiger partial charge in [-0.25, -0.2) is 0 Å². The van der Waals surface area contributed by atoms with Crippen LogP contribution in [0.15, 0.2) is 0 Å². The molecular weight excluding hydrogens is 243 g/mol. The summed E-state index contributed by atoms with van der Waals surface area (Å²) >= 11 is 0.670. The van der Waals surface area contributed by atoms with E-state index in [0.717, 1.165) is 0 Å². The molecule has 0 aromatic carbocycles. The molecule has 0 spiro atoms.